The molecule has 0 N–H and O–H groups in total. The molecule has 0 spiro atoms. The summed E-state index contributed by atoms with van der Waals surface area (Å²) in [6, 6.07) is 5.39. The first kappa shape index (κ1) is 15.2. The first-order valence-electron chi connectivity index (χ1n) is 6.53. The van der Waals surface area contributed by atoms with E-state index in [-0.39, 0.29) is 0 Å². The second kappa shape index (κ2) is 5.88. The Labute approximate surface area is 115 Å². The van der Waals surface area contributed by atoms with Gasteiger partial charge < -0.3 is 4.74 Å². The number of carbonyl (C=O) groups is 1. The molecule has 0 saturated heterocycles. The third-order valence-electron chi connectivity index (χ3n) is 2.94. The van der Waals surface area contributed by atoms with Crippen LogP contribution >= 0.6 is 0 Å². The SMILES string of the molecule is [C-]#[N+]c1cc(C(C)CC)ccc1C(=O)OC(C)(C)C. The van der Waals surface area contributed by atoms with Crippen molar-refractivity contribution in [3.05, 3.63) is 40.7 Å². The van der Waals surface area contributed by atoms with E-state index in [9.17, 15) is 4.79 Å². The minimum absolute atomic E-state index is 0.344. The van der Waals surface area contributed by atoms with E-state index in [2.05, 4.69) is 18.7 Å². The molecule has 1 atom stereocenters. The van der Waals surface area contributed by atoms with Gasteiger partial charge >= 0.3 is 5.97 Å². The van der Waals surface area contributed by atoms with E-state index in [0.717, 1.165) is 12.0 Å². The molecule has 0 aromatic heterocycles. The van der Waals surface area contributed by atoms with Crippen LogP contribution in [0.15, 0.2) is 18.2 Å². The van der Waals surface area contributed by atoms with Crippen LogP contribution in [0.5, 0.6) is 0 Å². The number of carbonyl (C=O) groups excluding carboxylic acids is 1. The highest BCUT2D eigenvalue weighted by Gasteiger charge is 2.21. The van der Waals surface area contributed by atoms with Crippen LogP contribution in [0.1, 0.15) is 62.9 Å². The maximum atomic E-state index is 12.0. The van der Waals surface area contributed by atoms with Crippen molar-refractivity contribution in [1.29, 1.82) is 0 Å². The van der Waals surface area contributed by atoms with Gasteiger partial charge in [0.05, 0.1) is 12.1 Å². The molecule has 1 unspecified atom stereocenters. The topological polar surface area (TPSA) is 30.7 Å². The van der Waals surface area contributed by atoms with Crippen LogP contribution in [-0.4, -0.2) is 11.6 Å². The Bertz CT molecular complexity index is 506. The zero-order valence-electron chi connectivity index (χ0n) is 12.3. The minimum Gasteiger partial charge on any atom is -0.457 e. The van der Waals surface area contributed by atoms with Gasteiger partial charge in [-0.25, -0.2) is 9.64 Å². The molecule has 0 saturated carbocycles. The van der Waals surface area contributed by atoms with Crippen molar-refractivity contribution in [2.24, 2.45) is 0 Å². The van der Waals surface area contributed by atoms with Crippen molar-refractivity contribution >= 4 is 11.7 Å². The van der Waals surface area contributed by atoms with Gasteiger partial charge in [0.2, 0.25) is 5.69 Å². The predicted molar refractivity (Wildman–Crippen MR) is 76.6 cm³/mol. The van der Waals surface area contributed by atoms with Crippen LogP contribution in [0.3, 0.4) is 0 Å². The van der Waals surface area contributed by atoms with Gasteiger partial charge in [0.15, 0.2) is 0 Å². The van der Waals surface area contributed by atoms with Crippen LogP contribution in [0.25, 0.3) is 4.85 Å². The molecule has 3 nitrogen and oxygen atoms in total. The van der Waals surface area contributed by atoms with Gasteiger partial charge in [-0.05, 0) is 33.1 Å². The smallest absolute Gasteiger partial charge is 0.328 e. The van der Waals surface area contributed by atoms with Crippen molar-refractivity contribution in [2.75, 3.05) is 0 Å². The molecule has 102 valence electrons. The van der Waals surface area contributed by atoms with Crippen LogP contribution in [0.2, 0.25) is 0 Å². The molecule has 0 amide bonds. The fourth-order valence-corrected chi connectivity index (χ4v) is 1.69. The lowest BCUT2D eigenvalue weighted by atomic mass is 9.96. The molecule has 3 heteroatoms. The summed E-state index contributed by atoms with van der Waals surface area (Å²) in [5.74, 6) is -0.0533. The maximum Gasteiger partial charge on any atom is 0.328 e. The zero-order valence-corrected chi connectivity index (χ0v) is 12.3. The Hall–Kier alpha value is -1.82. The number of hydrogen-bond donors (Lipinski definition) is 0. The highest BCUT2D eigenvalue weighted by atomic mass is 16.6. The molecule has 0 fully saturated rings. The Morgan fingerprint density at radius 2 is 2.05 bits per heavy atom. The van der Waals surface area contributed by atoms with E-state index in [1.54, 1.807) is 12.1 Å². The van der Waals surface area contributed by atoms with E-state index in [0.29, 0.717) is 17.2 Å². The molecule has 1 rings (SSSR count). The Morgan fingerprint density at radius 3 is 2.53 bits per heavy atom. The molecule has 0 radical (unpaired) electrons. The first-order valence-corrected chi connectivity index (χ1v) is 6.53. The van der Waals surface area contributed by atoms with E-state index in [1.165, 1.54) is 0 Å². The lowest BCUT2D eigenvalue weighted by molar-refractivity contribution is 0.00709. The number of hydrogen-bond acceptors (Lipinski definition) is 2. The first-order chi connectivity index (χ1) is 8.78. The van der Waals surface area contributed by atoms with Crippen molar-refractivity contribution < 1.29 is 9.53 Å². The predicted octanol–water partition coefficient (Wildman–Crippen LogP) is 4.71. The molecular weight excluding hydrogens is 238 g/mol. The normalized spacial score (nSPS) is 12.6. The third kappa shape index (κ3) is 4.10. The summed E-state index contributed by atoms with van der Waals surface area (Å²) in [4.78, 5) is 15.5. The Balaban J connectivity index is 3.10. The number of rotatable bonds is 3. The van der Waals surface area contributed by atoms with Crippen molar-refractivity contribution in [2.45, 2.75) is 52.6 Å². The summed E-state index contributed by atoms with van der Waals surface area (Å²) in [5, 5.41) is 0. The molecule has 0 bridgehead atoms. The van der Waals surface area contributed by atoms with Crippen molar-refractivity contribution in [1.82, 2.24) is 0 Å². The van der Waals surface area contributed by atoms with Gasteiger partial charge in [-0.3, -0.25) is 0 Å². The average Bonchev–Trinajstić information content (AvgIpc) is 2.34. The zero-order chi connectivity index (χ0) is 14.6. The number of ether oxygens (including phenoxy) is 1. The van der Waals surface area contributed by atoms with Crippen molar-refractivity contribution in [3.8, 4) is 0 Å². The highest BCUT2D eigenvalue weighted by molar-refractivity contribution is 5.96. The average molecular weight is 259 g/mol. The van der Waals surface area contributed by atoms with Gasteiger partial charge in [-0.2, -0.15) is 0 Å². The lowest BCUT2D eigenvalue weighted by Gasteiger charge is -2.20. The molecule has 1 aromatic rings. The summed E-state index contributed by atoms with van der Waals surface area (Å²) in [7, 11) is 0. The summed E-state index contributed by atoms with van der Waals surface area (Å²) in [6.07, 6.45) is 1.00. The standard InChI is InChI=1S/C16H21NO2/c1-7-11(2)12-8-9-13(14(10-12)17-6)15(18)19-16(3,4)5/h8-11H,7H2,1-5H3. The lowest BCUT2D eigenvalue weighted by Crippen LogP contribution is -2.23. The van der Waals surface area contributed by atoms with E-state index >= 15 is 0 Å². The minimum atomic E-state index is -0.550. The quantitative estimate of drug-likeness (QED) is 0.581. The van der Waals surface area contributed by atoms with Crippen LogP contribution < -0.4 is 0 Å². The van der Waals surface area contributed by atoms with Gasteiger partial charge in [-0.15, -0.1) is 0 Å². The van der Waals surface area contributed by atoms with E-state index in [4.69, 9.17) is 11.3 Å². The number of esters is 1. The molecule has 1 aromatic carbocycles. The summed E-state index contributed by atoms with van der Waals surface area (Å²) in [6.45, 7) is 16.9. The van der Waals surface area contributed by atoms with Gasteiger partial charge in [0.25, 0.3) is 0 Å². The van der Waals surface area contributed by atoms with E-state index < -0.39 is 11.6 Å². The van der Waals surface area contributed by atoms with Gasteiger partial charge in [0, 0.05) is 0 Å². The van der Waals surface area contributed by atoms with Crippen LogP contribution in [-0.2, 0) is 4.74 Å². The Morgan fingerprint density at radius 1 is 1.42 bits per heavy atom. The monoisotopic (exact) mass is 259 g/mol. The van der Waals surface area contributed by atoms with Crippen molar-refractivity contribution in [3.63, 3.8) is 0 Å². The maximum absolute atomic E-state index is 12.0. The summed E-state index contributed by atoms with van der Waals surface area (Å²) >= 11 is 0. The summed E-state index contributed by atoms with van der Waals surface area (Å²) in [5.41, 5.74) is 1.25. The largest absolute Gasteiger partial charge is 0.457 e. The fraction of sp³-hybridized carbons (Fsp3) is 0.500. The molecule has 0 aliphatic heterocycles. The van der Waals surface area contributed by atoms with Crippen LogP contribution in [0, 0.1) is 6.57 Å². The van der Waals surface area contributed by atoms with E-state index in [1.807, 2.05) is 26.8 Å². The fourth-order valence-electron chi connectivity index (χ4n) is 1.69. The third-order valence-corrected chi connectivity index (χ3v) is 2.94. The molecule has 0 heterocycles. The highest BCUT2D eigenvalue weighted by Crippen LogP contribution is 2.28. The summed E-state index contributed by atoms with van der Waals surface area (Å²) < 4.78 is 5.31. The number of benzene rings is 1. The van der Waals surface area contributed by atoms with Crippen LogP contribution in [0.4, 0.5) is 5.69 Å². The second-order valence-corrected chi connectivity index (χ2v) is 5.70. The molecule has 0 aliphatic rings. The second-order valence-electron chi connectivity index (χ2n) is 5.70. The Kier molecular flexibility index (Phi) is 4.72. The van der Waals surface area contributed by atoms with Gasteiger partial charge in [0.1, 0.15) is 5.60 Å². The molecular formula is C16H21NO2. The number of nitrogens with zero attached hydrogens (tertiary/aromatic N) is 1. The molecule has 19 heavy (non-hydrogen) atoms. The van der Waals surface area contributed by atoms with Gasteiger partial charge in [-0.1, -0.05) is 37.6 Å². The molecule has 0 aliphatic carbocycles.